The molecule has 0 fully saturated rings. The van der Waals surface area contributed by atoms with Crippen LogP contribution in [0, 0.1) is 5.82 Å². The Morgan fingerprint density at radius 3 is 2.78 bits per heavy atom. The summed E-state index contributed by atoms with van der Waals surface area (Å²) in [7, 11) is -3.09. The molecule has 0 radical (unpaired) electrons. The maximum atomic E-state index is 13.7. The van der Waals surface area contributed by atoms with Crippen LogP contribution in [0.2, 0.25) is 0 Å². The van der Waals surface area contributed by atoms with Crippen LogP contribution in [0.4, 0.5) is 16.0 Å². The molecule has 1 unspecified atom stereocenters. The van der Waals surface area contributed by atoms with Gasteiger partial charge in [-0.15, -0.1) is 0 Å². The summed E-state index contributed by atoms with van der Waals surface area (Å²) in [5.74, 6) is 0.00460. The Morgan fingerprint density at radius 1 is 1.28 bits per heavy atom. The molecule has 0 aliphatic rings. The highest BCUT2D eigenvalue weighted by atomic mass is 31.2. The molecule has 0 saturated heterocycles. The Hall–Kier alpha value is -3.90. The molecule has 0 aliphatic carbocycles. The Morgan fingerprint density at radius 2 is 2.03 bits per heavy atom. The van der Waals surface area contributed by atoms with Crippen LogP contribution >= 0.6 is 7.82 Å². The third kappa shape index (κ3) is 6.20. The van der Waals surface area contributed by atoms with Crippen LogP contribution in [0.1, 0.15) is 16.8 Å². The highest BCUT2D eigenvalue weighted by Gasteiger charge is 2.22. The minimum Gasteiger partial charge on any atom is -0.365 e. The number of nitrogens with one attached hydrogen (secondary N) is 2. The lowest BCUT2D eigenvalue weighted by molar-refractivity contribution is -0.711. The molecule has 12 nitrogen and oxygen atoms in total. The van der Waals surface area contributed by atoms with Crippen molar-refractivity contribution < 1.29 is 32.0 Å². The van der Waals surface area contributed by atoms with E-state index < -0.39 is 19.3 Å². The number of pyridine rings is 1. The third-order valence-corrected chi connectivity index (χ3v) is 6.08. The molecule has 0 bridgehead atoms. The fraction of sp³-hybridized carbons (Fsp3) is 0.182. The SMILES string of the molecule is COP(=O)(O)OC[n+]1cccc(-c2cc(Cc3ccc(CNc4[nH]c(=O)ncc4F)cc3)no2)c1N. The number of anilines is 2. The van der Waals surface area contributed by atoms with Gasteiger partial charge in [0.15, 0.2) is 11.6 Å². The van der Waals surface area contributed by atoms with Crippen LogP contribution in [0.25, 0.3) is 11.3 Å². The molecule has 188 valence electrons. The number of hydrogen-bond donors (Lipinski definition) is 4. The fourth-order valence-corrected chi connectivity index (χ4v) is 3.65. The van der Waals surface area contributed by atoms with Crippen LogP contribution in [-0.2, 0) is 33.3 Å². The van der Waals surface area contributed by atoms with Gasteiger partial charge in [-0.05, 0) is 23.3 Å². The largest absolute Gasteiger partial charge is 0.475 e. The molecule has 5 N–H and O–H groups in total. The molecule has 4 aromatic rings. The summed E-state index contributed by atoms with van der Waals surface area (Å²) >= 11 is 0. The van der Waals surface area contributed by atoms with Crippen LogP contribution in [0.3, 0.4) is 0 Å². The number of phosphoric acid groups is 1. The van der Waals surface area contributed by atoms with Gasteiger partial charge >= 0.3 is 13.5 Å². The molecule has 1 aromatic carbocycles. The maximum absolute atomic E-state index is 13.7. The maximum Gasteiger partial charge on any atom is 0.475 e. The van der Waals surface area contributed by atoms with Gasteiger partial charge in [0.05, 0.1) is 18.1 Å². The van der Waals surface area contributed by atoms with Crippen molar-refractivity contribution in [3.05, 3.63) is 88.0 Å². The predicted molar refractivity (Wildman–Crippen MR) is 126 cm³/mol. The van der Waals surface area contributed by atoms with E-state index in [0.717, 1.165) is 24.4 Å². The third-order valence-electron chi connectivity index (χ3n) is 5.17. The monoisotopic (exact) mass is 517 g/mol. The summed E-state index contributed by atoms with van der Waals surface area (Å²) in [6, 6.07) is 12.7. The van der Waals surface area contributed by atoms with Crippen molar-refractivity contribution in [3.8, 4) is 11.3 Å². The van der Waals surface area contributed by atoms with Crippen LogP contribution in [-0.4, -0.2) is 27.1 Å². The van der Waals surface area contributed by atoms with E-state index in [0.29, 0.717) is 30.0 Å². The average molecular weight is 517 g/mol. The van der Waals surface area contributed by atoms with Crippen molar-refractivity contribution in [2.45, 2.75) is 19.7 Å². The number of hydrogen-bond acceptors (Lipinski definition) is 9. The first-order chi connectivity index (χ1) is 17.2. The summed E-state index contributed by atoms with van der Waals surface area (Å²) in [4.78, 5) is 26.3. The number of benzene rings is 1. The lowest BCUT2D eigenvalue weighted by atomic mass is 10.1. The van der Waals surface area contributed by atoms with Crippen molar-refractivity contribution in [3.63, 3.8) is 0 Å². The first-order valence-electron chi connectivity index (χ1n) is 10.6. The Balaban J connectivity index is 1.40. The second kappa shape index (κ2) is 10.8. The zero-order chi connectivity index (χ0) is 25.7. The molecule has 0 aliphatic heterocycles. The standard InChI is InChI=1S/C22H22FN6O6P/c1-33-36(31,32)34-13-29-8-2-3-17(20(29)24)19-10-16(28-35-19)9-14-4-6-15(7-5-14)11-25-21-18(23)12-26-22(30)27-21/h2-8,10,12,24H,9,11,13H2,1H3,(H3,25,26,27,30,31,32)/p+1. The minimum atomic E-state index is -4.16. The van der Waals surface area contributed by atoms with Gasteiger partial charge in [-0.2, -0.15) is 4.98 Å². The molecule has 0 spiro atoms. The molecule has 36 heavy (non-hydrogen) atoms. The van der Waals surface area contributed by atoms with E-state index in [1.165, 1.54) is 4.57 Å². The average Bonchev–Trinajstić information content (AvgIpc) is 3.33. The van der Waals surface area contributed by atoms with Gasteiger partial charge in [0.25, 0.3) is 5.82 Å². The van der Waals surface area contributed by atoms with Gasteiger partial charge < -0.3 is 14.7 Å². The number of aromatic nitrogens is 4. The number of nitrogens with zero attached hydrogens (tertiary/aromatic N) is 3. The predicted octanol–water partition coefficient (Wildman–Crippen LogP) is 2.36. The van der Waals surface area contributed by atoms with Crippen molar-refractivity contribution >= 4 is 19.5 Å². The van der Waals surface area contributed by atoms with E-state index in [4.69, 9.17) is 14.8 Å². The number of phosphoric ester groups is 1. The van der Waals surface area contributed by atoms with E-state index in [-0.39, 0.29) is 18.4 Å². The second-order valence-electron chi connectivity index (χ2n) is 7.63. The first kappa shape index (κ1) is 25.2. The molecule has 4 rings (SSSR count). The summed E-state index contributed by atoms with van der Waals surface area (Å²) in [5, 5.41) is 6.94. The molecule has 3 aromatic heterocycles. The van der Waals surface area contributed by atoms with Gasteiger partial charge in [-0.1, -0.05) is 29.4 Å². The smallest absolute Gasteiger partial charge is 0.365 e. The molecule has 14 heteroatoms. The highest BCUT2D eigenvalue weighted by Crippen LogP contribution is 2.41. The molecule has 3 heterocycles. The first-order valence-corrected chi connectivity index (χ1v) is 12.1. The van der Waals surface area contributed by atoms with Gasteiger partial charge in [0.2, 0.25) is 6.73 Å². The van der Waals surface area contributed by atoms with Gasteiger partial charge in [-0.3, -0.25) is 15.2 Å². The normalized spacial score (nSPS) is 12.9. The lowest BCUT2D eigenvalue weighted by Gasteiger charge is -2.09. The van der Waals surface area contributed by atoms with Crippen LogP contribution < -0.4 is 21.3 Å². The van der Waals surface area contributed by atoms with Crippen molar-refractivity contribution in [2.24, 2.45) is 0 Å². The Kier molecular flexibility index (Phi) is 7.55. The molecular formula is C22H23FN6O6P+. The van der Waals surface area contributed by atoms with Gasteiger partial charge in [0.1, 0.15) is 11.4 Å². The van der Waals surface area contributed by atoms with Crippen molar-refractivity contribution in [1.29, 1.82) is 0 Å². The zero-order valence-corrected chi connectivity index (χ0v) is 19.9. The van der Waals surface area contributed by atoms with Crippen LogP contribution in [0.5, 0.6) is 0 Å². The Bertz CT molecular complexity index is 1460. The quantitative estimate of drug-likeness (QED) is 0.181. The van der Waals surface area contributed by atoms with E-state index in [1.54, 1.807) is 24.4 Å². The van der Waals surface area contributed by atoms with E-state index in [2.05, 4.69) is 25.0 Å². The topological polar surface area (TPSA) is 169 Å². The minimum absolute atomic E-state index is 0.0219. The van der Waals surface area contributed by atoms with E-state index in [9.17, 15) is 18.6 Å². The molecular weight excluding hydrogens is 494 g/mol. The Labute approximate surface area is 204 Å². The highest BCUT2D eigenvalue weighted by molar-refractivity contribution is 7.47. The van der Waals surface area contributed by atoms with Gasteiger partial charge in [-0.25, -0.2) is 22.8 Å². The fourth-order valence-electron chi connectivity index (χ4n) is 3.28. The zero-order valence-electron chi connectivity index (χ0n) is 19.1. The summed E-state index contributed by atoms with van der Waals surface area (Å²) in [5.41, 5.74) is 8.59. The molecule has 0 saturated carbocycles. The summed E-state index contributed by atoms with van der Waals surface area (Å²) in [6.45, 7) is 0.00571. The van der Waals surface area contributed by atoms with Crippen molar-refractivity contribution in [2.75, 3.05) is 18.2 Å². The lowest BCUT2D eigenvalue weighted by Crippen LogP contribution is -2.38. The van der Waals surface area contributed by atoms with Crippen LogP contribution in [0.15, 0.2) is 64.2 Å². The van der Waals surface area contributed by atoms with E-state index in [1.807, 2.05) is 24.3 Å². The number of nitrogens with two attached hydrogens (primary N) is 1. The van der Waals surface area contributed by atoms with Crippen molar-refractivity contribution in [1.82, 2.24) is 15.1 Å². The number of rotatable bonds is 10. The molecule has 1 atom stereocenters. The summed E-state index contributed by atoms with van der Waals surface area (Å²) in [6.07, 6.45) is 2.94. The number of nitrogen functional groups attached to an aromatic ring is 1. The summed E-state index contributed by atoms with van der Waals surface area (Å²) < 4.78 is 41.4. The second-order valence-corrected chi connectivity index (χ2v) is 9.19. The number of halogens is 1. The van der Waals surface area contributed by atoms with E-state index >= 15 is 0 Å². The number of H-pyrrole nitrogens is 1. The molecule has 0 amide bonds. The van der Waals surface area contributed by atoms with Gasteiger partial charge in [0, 0.05) is 26.1 Å². The number of aromatic amines is 1.